The van der Waals surface area contributed by atoms with E-state index in [2.05, 4.69) is 26.3 Å². The van der Waals surface area contributed by atoms with Gasteiger partial charge in [0.1, 0.15) is 0 Å². The molecular formula is C20H26N4O. The van der Waals surface area contributed by atoms with Crippen LogP contribution in [-0.2, 0) is 11.2 Å². The zero-order valence-corrected chi connectivity index (χ0v) is 14.7. The lowest BCUT2D eigenvalue weighted by Crippen LogP contribution is -2.39. The molecular weight excluding hydrogens is 312 g/mol. The molecule has 2 aliphatic rings. The second-order valence-corrected chi connectivity index (χ2v) is 7.38. The van der Waals surface area contributed by atoms with Crippen molar-refractivity contribution in [3.8, 4) is 0 Å². The van der Waals surface area contributed by atoms with E-state index in [0.29, 0.717) is 11.8 Å². The number of nitrogens with zero attached hydrogens (tertiary/aromatic N) is 3. The average Bonchev–Trinajstić information content (AvgIpc) is 3.08. The molecule has 25 heavy (non-hydrogen) atoms. The fourth-order valence-corrected chi connectivity index (χ4v) is 4.27. The van der Waals surface area contributed by atoms with Crippen LogP contribution in [-0.4, -0.2) is 47.0 Å². The van der Waals surface area contributed by atoms with Crippen LogP contribution in [0.4, 0.5) is 0 Å². The number of aromatic nitrogens is 2. The SMILES string of the molecule is O=C(C1CCCC1)N1CCNCC(Cc2ccnc3cccnc23)C1. The molecule has 2 aromatic heterocycles. The van der Waals surface area contributed by atoms with Gasteiger partial charge in [0.05, 0.1) is 11.0 Å². The summed E-state index contributed by atoms with van der Waals surface area (Å²) in [7, 11) is 0. The lowest BCUT2D eigenvalue weighted by molar-refractivity contribution is -0.135. The van der Waals surface area contributed by atoms with E-state index in [9.17, 15) is 4.79 Å². The van der Waals surface area contributed by atoms with Gasteiger partial charge in [-0.25, -0.2) is 0 Å². The van der Waals surface area contributed by atoms with Gasteiger partial charge in [-0.2, -0.15) is 0 Å². The van der Waals surface area contributed by atoms with E-state index in [4.69, 9.17) is 0 Å². The molecule has 5 nitrogen and oxygen atoms in total. The predicted octanol–water partition coefficient (Wildman–Crippen LogP) is 2.41. The van der Waals surface area contributed by atoms with Crippen molar-refractivity contribution in [1.82, 2.24) is 20.2 Å². The Morgan fingerprint density at radius 1 is 1.20 bits per heavy atom. The second-order valence-electron chi connectivity index (χ2n) is 7.38. The van der Waals surface area contributed by atoms with Crippen LogP contribution in [0.1, 0.15) is 31.2 Å². The molecule has 0 aromatic carbocycles. The molecule has 1 aliphatic carbocycles. The summed E-state index contributed by atoms with van der Waals surface area (Å²) in [5.41, 5.74) is 3.16. The van der Waals surface area contributed by atoms with Crippen molar-refractivity contribution in [1.29, 1.82) is 0 Å². The Hall–Kier alpha value is -2.01. The summed E-state index contributed by atoms with van der Waals surface area (Å²) in [6.45, 7) is 3.52. The van der Waals surface area contributed by atoms with E-state index in [-0.39, 0.29) is 5.92 Å². The smallest absolute Gasteiger partial charge is 0.225 e. The van der Waals surface area contributed by atoms with Crippen molar-refractivity contribution in [3.05, 3.63) is 36.2 Å². The van der Waals surface area contributed by atoms with E-state index in [1.54, 1.807) is 0 Å². The highest BCUT2D eigenvalue weighted by Crippen LogP contribution is 2.27. The average molecular weight is 338 g/mol. The minimum absolute atomic E-state index is 0.266. The highest BCUT2D eigenvalue weighted by Gasteiger charge is 2.29. The van der Waals surface area contributed by atoms with Gasteiger partial charge in [-0.3, -0.25) is 14.8 Å². The van der Waals surface area contributed by atoms with Gasteiger partial charge >= 0.3 is 0 Å². The maximum atomic E-state index is 12.8. The van der Waals surface area contributed by atoms with Gasteiger partial charge in [0.2, 0.25) is 5.91 Å². The van der Waals surface area contributed by atoms with Gasteiger partial charge in [0.15, 0.2) is 0 Å². The largest absolute Gasteiger partial charge is 0.341 e. The summed E-state index contributed by atoms with van der Waals surface area (Å²) >= 11 is 0. The molecule has 4 rings (SSSR count). The number of hydrogen-bond acceptors (Lipinski definition) is 4. The first kappa shape index (κ1) is 16.5. The van der Waals surface area contributed by atoms with Crippen molar-refractivity contribution >= 4 is 16.9 Å². The van der Waals surface area contributed by atoms with Crippen LogP contribution in [0.25, 0.3) is 11.0 Å². The van der Waals surface area contributed by atoms with E-state index < -0.39 is 0 Å². The number of carbonyl (C=O) groups excluding carboxylic acids is 1. The van der Waals surface area contributed by atoms with Crippen molar-refractivity contribution in [2.75, 3.05) is 26.2 Å². The molecule has 5 heteroatoms. The fraction of sp³-hybridized carbons (Fsp3) is 0.550. The quantitative estimate of drug-likeness (QED) is 0.934. The molecule has 1 saturated heterocycles. The lowest BCUT2D eigenvalue weighted by Gasteiger charge is -2.27. The topological polar surface area (TPSA) is 58.1 Å². The number of rotatable bonds is 3. The molecule has 1 saturated carbocycles. The Morgan fingerprint density at radius 2 is 2.08 bits per heavy atom. The maximum Gasteiger partial charge on any atom is 0.225 e. The Kier molecular flexibility index (Phi) is 4.92. The highest BCUT2D eigenvalue weighted by atomic mass is 16.2. The first-order valence-electron chi connectivity index (χ1n) is 9.49. The van der Waals surface area contributed by atoms with Crippen LogP contribution < -0.4 is 5.32 Å². The summed E-state index contributed by atoms with van der Waals surface area (Å²) in [4.78, 5) is 23.9. The summed E-state index contributed by atoms with van der Waals surface area (Å²) < 4.78 is 0. The molecule has 1 atom stereocenters. The van der Waals surface area contributed by atoms with Gasteiger partial charge in [-0.05, 0) is 48.9 Å². The Morgan fingerprint density at radius 3 is 2.96 bits per heavy atom. The number of pyridine rings is 2. The molecule has 1 N–H and O–H groups in total. The Balaban J connectivity index is 1.50. The Bertz CT molecular complexity index is 736. The highest BCUT2D eigenvalue weighted by molar-refractivity contribution is 5.79. The first-order valence-corrected chi connectivity index (χ1v) is 9.49. The van der Waals surface area contributed by atoms with Gasteiger partial charge in [0.25, 0.3) is 0 Å². The van der Waals surface area contributed by atoms with E-state index in [1.807, 2.05) is 24.5 Å². The van der Waals surface area contributed by atoms with Crippen LogP contribution in [0.2, 0.25) is 0 Å². The number of amides is 1. The van der Waals surface area contributed by atoms with E-state index >= 15 is 0 Å². The molecule has 0 spiro atoms. The van der Waals surface area contributed by atoms with E-state index in [1.165, 1.54) is 18.4 Å². The standard InChI is InChI=1S/C20H26N4O/c25-20(16-4-1-2-5-16)24-11-10-21-13-15(14-24)12-17-7-9-22-18-6-3-8-23-19(17)18/h3,6-9,15-16,21H,1-2,4-5,10-14H2. The fourth-order valence-electron chi connectivity index (χ4n) is 4.27. The van der Waals surface area contributed by atoms with Crippen LogP contribution >= 0.6 is 0 Å². The predicted molar refractivity (Wildman–Crippen MR) is 98.1 cm³/mol. The number of nitrogens with one attached hydrogen (secondary N) is 1. The maximum absolute atomic E-state index is 12.8. The van der Waals surface area contributed by atoms with Crippen molar-refractivity contribution in [2.24, 2.45) is 11.8 Å². The minimum atomic E-state index is 0.266. The van der Waals surface area contributed by atoms with Gasteiger partial charge in [-0.1, -0.05) is 12.8 Å². The molecule has 0 radical (unpaired) electrons. The number of hydrogen-bond donors (Lipinski definition) is 1. The number of carbonyl (C=O) groups is 1. The van der Waals surface area contributed by atoms with E-state index in [0.717, 1.165) is 56.5 Å². The van der Waals surface area contributed by atoms with Crippen molar-refractivity contribution in [2.45, 2.75) is 32.1 Å². The third-order valence-corrected chi connectivity index (χ3v) is 5.57. The van der Waals surface area contributed by atoms with Crippen LogP contribution in [0.15, 0.2) is 30.6 Å². The summed E-state index contributed by atoms with van der Waals surface area (Å²) in [6, 6.07) is 6.00. The zero-order chi connectivity index (χ0) is 17.1. The number of fused-ring (bicyclic) bond motifs is 1. The molecule has 1 amide bonds. The summed E-state index contributed by atoms with van der Waals surface area (Å²) in [5, 5.41) is 3.51. The van der Waals surface area contributed by atoms with Crippen molar-refractivity contribution in [3.63, 3.8) is 0 Å². The van der Waals surface area contributed by atoms with Crippen LogP contribution in [0.3, 0.4) is 0 Å². The normalized spacial score (nSPS) is 22.2. The molecule has 2 aromatic rings. The molecule has 2 fully saturated rings. The monoisotopic (exact) mass is 338 g/mol. The van der Waals surface area contributed by atoms with Crippen molar-refractivity contribution < 1.29 is 4.79 Å². The second kappa shape index (κ2) is 7.48. The summed E-state index contributed by atoms with van der Waals surface area (Å²) in [6.07, 6.45) is 9.19. The third-order valence-electron chi connectivity index (χ3n) is 5.57. The molecule has 3 heterocycles. The van der Waals surface area contributed by atoms with Gasteiger partial charge in [0, 0.05) is 44.5 Å². The summed E-state index contributed by atoms with van der Waals surface area (Å²) in [5.74, 6) is 1.06. The minimum Gasteiger partial charge on any atom is -0.341 e. The molecule has 0 bridgehead atoms. The first-order chi connectivity index (χ1) is 12.3. The van der Waals surface area contributed by atoms with Crippen LogP contribution in [0.5, 0.6) is 0 Å². The third kappa shape index (κ3) is 3.66. The van der Waals surface area contributed by atoms with Gasteiger partial charge < -0.3 is 10.2 Å². The van der Waals surface area contributed by atoms with Crippen LogP contribution in [0, 0.1) is 11.8 Å². The molecule has 132 valence electrons. The Labute approximate surface area is 148 Å². The zero-order valence-electron chi connectivity index (χ0n) is 14.7. The molecule has 1 unspecified atom stereocenters. The van der Waals surface area contributed by atoms with Gasteiger partial charge in [-0.15, -0.1) is 0 Å². The molecule has 1 aliphatic heterocycles. The lowest BCUT2D eigenvalue weighted by atomic mass is 9.97.